The van der Waals surface area contributed by atoms with E-state index in [-0.39, 0.29) is 6.61 Å². The second-order valence-electron chi connectivity index (χ2n) is 5.00. The summed E-state index contributed by atoms with van der Waals surface area (Å²) in [6, 6.07) is 5.54. The maximum absolute atomic E-state index is 9.27. The minimum absolute atomic E-state index is 0.0661. The number of halogens is 2. The standard InChI is InChI=1S/C14H19Cl2N5O/c1-2-5-21-14(17-18-19-21)10-20(6-7-22)9-11-3-4-12(15)13(16)8-11/h3-4,8,22H,2,5-7,9-10H2,1H3. The summed E-state index contributed by atoms with van der Waals surface area (Å²) in [7, 11) is 0. The van der Waals surface area contributed by atoms with Crippen LogP contribution in [0.2, 0.25) is 10.0 Å². The SMILES string of the molecule is CCCn1nnnc1CN(CCO)Cc1ccc(Cl)c(Cl)c1. The first-order valence-corrected chi connectivity index (χ1v) is 7.91. The molecule has 0 aliphatic rings. The molecule has 0 aliphatic heterocycles. The molecule has 1 N–H and O–H groups in total. The molecule has 0 saturated carbocycles. The molecule has 0 amide bonds. The Kier molecular flexibility index (Phi) is 6.57. The van der Waals surface area contributed by atoms with Gasteiger partial charge in [-0.2, -0.15) is 0 Å². The van der Waals surface area contributed by atoms with Crippen molar-refractivity contribution >= 4 is 23.2 Å². The number of benzene rings is 1. The molecule has 0 fully saturated rings. The van der Waals surface area contributed by atoms with Crippen molar-refractivity contribution in [3.63, 3.8) is 0 Å². The first-order valence-electron chi connectivity index (χ1n) is 7.16. The zero-order chi connectivity index (χ0) is 15.9. The van der Waals surface area contributed by atoms with Gasteiger partial charge in [0, 0.05) is 19.6 Å². The average molecular weight is 344 g/mol. The average Bonchev–Trinajstić information content (AvgIpc) is 2.91. The lowest BCUT2D eigenvalue weighted by atomic mass is 10.2. The zero-order valence-electron chi connectivity index (χ0n) is 12.4. The van der Waals surface area contributed by atoms with Crippen molar-refractivity contribution in [3.8, 4) is 0 Å². The van der Waals surface area contributed by atoms with E-state index in [1.165, 1.54) is 0 Å². The molecular formula is C14H19Cl2N5O. The third-order valence-electron chi connectivity index (χ3n) is 3.21. The van der Waals surface area contributed by atoms with Crippen LogP contribution >= 0.6 is 23.2 Å². The molecule has 1 aromatic carbocycles. The predicted molar refractivity (Wildman–Crippen MR) is 85.8 cm³/mol. The first-order chi connectivity index (χ1) is 10.6. The van der Waals surface area contributed by atoms with E-state index in [1.54, 1.807) is 10.7 Å². The number of nitrogens with zero attached hydrogens (tertiary/aromatic N) is 5. The Hall–Kier alpha value is -1.21. The van der Waals surface area contributed by atoms with Gasteiger partial charge in [0.2, 0.25) is 0 Å². The number of aliphatic hydroxyl groups is 1. The van der Waals surface area contributed by atoms with Crippen LogP contribution in [-0.4, -0.2) is 43.4 Å². The van der Waals surface area contributed by atoms with Gasteiger partial charge in [-0.1, -0.05) is 36.2 Å². The minimum Gasteiger partial charge on any atom is -0.395 e. The van der Waals surface area contributed by atoms with E-state index >= 15 is 0 Å². The molecule has 120 valence electrons. The smallest absolute Gasteiger partial charge is 0.165 e. The van der Waals surface area contributed by atoms with Gasteiger partial charge >= 0.3 is 0 Å². The third-order valence-corrected chi connectivity index (χ3v) is 3.95. The number of tetrazole rings is 1. The normalized spacial score (nSPS) is 11.3. The maximum atomic E-state index is 9.27. The van der Waals surface area contributed by atoms with Crippen molar-refractivity contribution in [1.29, 1.82) is 0 Å². The van der Waals surface area contributed by atoms with E-state index < -0.39 is 0 Å². The van der Waals surface area contributed by atoms with Crippen LogP contribution in [-0.2, 0) is 19.6 Å². The number of rotatable bonds is 8. The molecule has 6 nitrogen and oxygen atoms in total. The molecule has 0 atom stereocenters. The van der Waals surface area contributed by atoms with Gasteiger partial charge < -0.3 is 5.11 Å². The molecule has 0 unspecified atom stereocenters. The number of hydrogen-bond donors (Lipinski definition) is 1. The van der Waals surface area contributed by atoms with Gasteiger partial charge in [-0.25, -0.2) is 4.68 Å². The summed E-state index contributed by atoms with van der Waals surface area (Å²) >= 11 is 12.0. The summed E-state index contributed by atoms with van der Waals surface area (Å²) in [6.07, 6.45) is 0.963. The highest BCUT2D eigenvalue weighted by molar-refractivity contribution is 6.42. The fraction of sp³-hybridized carbons (Fsp3) is 0.500. The molecule has 2 rings (SSSR count). The second kappa shape index (κ2) is 8.43. The van der Waals surface area contributed by atoms with Crippen LogP contribution in [0.3, 0.4) is 0 Å². The number of aryl methyl sites for hydroxylation is 1. The molecule has 22 heavy (non-hydrogen) atoms. The van der Waals surface area contributed by atoms with Crippen molar-refractivity contribution in [2.45, 2.75) is 33.0 Å². The topological polar surface area (TPSA) is 67.1 Å². The van der Waals surface area contributed by atoms with E-state index in [1.807, 2.05) is 12.1 Å². The van der Waals surface area contributed by atoms with Crippen LogP contribution in [0, 0.1) is 0 Å². The van der Waals surface area contributed by atoms with Crippen molar-refractivity contribution < 1.29 is 5.11 Å². The summed E-state index contributed by atoms with van der Waals surface area (Å²) in [5, 5.41) is 22.1. The number of hydrogen-bond acceptors (Lipinski definition) is 5. The van der Waals surface area contributed by atoms with Gasteiger partial charge in [-0.05, 0) is 34.5 Å². The van der Waals surface area contributed by atoms with Crippen LogP contribution in [0.1, 0.15) is 24.7 Å². The van der Waals surface area contributed by atoms with Crippen molar-refractivity contribution in [2.24, 2.45) is 0 Å². The first kappa shape index (κ1) is 17.1. The van der Waals surface area contributed by atoms with Crippen LogP contribution < -0.4 is 0 Å². The molecule has 0 saturated heterocycles. The predicted octanol–water partition coefficient (Wildman–Crippen LogP) is 2.38. The lowest BCUT2D eigenvalue weighted by molar-refractivity contribution is 0.179. The second-order valence-corrected chi connectivity index (χ2v) is 5.82. The zero-order valence-corrected chi connectivity index (χ0v) is 13.9. The van der Waals surface area contributed by atoms with Gasteiger partial charge in [-0.3, -0.25) is 4.90 Å². The highest BCUT2D eigenvalue weighted by atomic mass is 35.5. The van der Waals surface area contributed by atoms with Gasteiger partial charge in [0.25, 0.3) is 0 Å². The van der Waals surface area contributed by atoms with Crippen molar-refractivity contribution in [2.75, 3.05) is 13.2 Å². The van der Waals surface area contributed by atoms with Gasteiger partial charge in [0.15, 0.2) is 5.82 Å². The third kappa shape index (κ3) is 4.64. The fourth-order valence-corrected chi connectivity index (χ4v) is 2.49. The van der Waals surface area contributed by atoms with E-state index in [9.17, 15) is 5.11 Å². The quantitative estimate of drug-likeness (QED) is 0.796. The number of aliphatic hydroxyl groups excluding tert-OH is 1. The summed E-state index contributed by atoms with van der Waals surface area (Å²) in [5.41, 5.74) is 1.03. The molecule has 0 bridgehead atoms. The van der Waals surface area contributed by atoms with Gasteiger partial charge in [0.05, 0.1) is 23.2 Å². The maximum Gasteiger partial charge on any atom is 0.165 e. The van der Waals surface area contributed by atoms with Gasteiger partial charge in [-0.15, -0.1) is 5.10 Å². The molecule has 8 heteroatoms. The summed E-state index contributed by atoms with van der Waals surface area (Å²) in [4.78, 5) is 2.07. The molecule has 0 radical (unpaired) electrons. The Morgan fingerprint density at radius 3 is 2.73 bits per heavy atom. The van der Waals surface area contributed by atoms with Crippen molar-refractivity contribution in [3.05, 3.63) is 39.6 Å². The Morgan fingerprint density at radius 2 is 2.05 bits per heavy atom. The van der Waals surface area contributed by atoms with E-state index in [0.29, 0.717) is 29.7 Å². The fourth-order valence-electron chi connectivity index (χ4n) is 2.17. The Morgan fingerprint density at radius 1 is 1.23 bits per heavy atom. The van der Waals surface area contributed by atoms with Crippen LogP contribution in [0.15, 0.2) is 18.2 Å². The van der Waals surface area contributed by atoms with Crippen molar-refractivity contribution in [1.82, 2.24) is 25.1 Å². The molecule has 2 aromatic rings. The Labute approximate surface area is 139 Å². The van der Waals surface area contributed by atoms with Crippen LogP contribution in [0.4, 0.5) is 0 Å². The molecule has 0 aliphatic carbocycles. The van der Waals surface area contributed by atoms with E-state index in [4.69, 9.17) is 23.2 Å². The van der Waals surface area contributed by atoms with Crippen LogP contribution in [0.25, 0.3) is 0 Å². The van der Waals surface area contributed by atoms with Crippen LogP contribution in [0.5, 0.6) is 0 Å². The number of aromatic nitrogens is 4. The Balaban J connectivity index is 2.08. The minimum atomic E-state index is 0.0661. The van der Waals surface area contributed by atoms with E-state index in [0.717, 1.165) is 24.4 Å². The molecular weight excluding hydrogens is 325 g/mol. The highest BCUT2D eigenvalue weighted by Gasteiger charge is 2.13. The van der Waals surface area contributed by atoms with Gasteiger partial charge in [0.1, 0.15) is 0 Å². The van der Waals surface area contributed by atoms with E-state index in [2.05, 4.69) is 27.3 Å². The largest absolute Gasteiger partial charge is 0.395 e. The lowest BCUT2D eigenvalue weighted by Gasteiger charge is -2.21. The molecule has 1 aromatic heterocycles. The summed E-state index contributed by atoms with van der Waals surface area (Å²) in [5.74, 6) is 0.787. The molecule has 0 spiro atoms. The lowest BCUT2D eigenvalue weighted by Crippen LogP contribution is -2.28. The monoisotopic (exact) mass is 343 g/mol. The summed E-state index contributed by atoms with van der Waals surface area (Å²) < 4.78 is 1.79. The summed E-state index contributed by atoms with van der Waals surface area (Å²) in [6.45, 7) is 4.65. The Bertz CT molecular complexity index is 605. The highest BCUT2D eigenvalue weighted by Crippen LogP contribution is 2.23. The molecule has 1 heterocycles.